The van der Waals surface area contributed by atoms with Crippen molar-refractivity contribution in [2.24, 2.45) is 5.73 Å². The number of amides is 1. The van der Waals surface area contributed by atoms with Crippen LogP contribution in [0.1, 0.15) is 36.5 Å². The Morgan fingerprint density at radius 3 is 2.70 bits per heavy atom. The van der Waals surface area contributed by atoms with Gasteiger partial charge < -0.3 is 10.5 Å². The van der Waals surface area contributed by atoms with Crippen molar-refractivity contribution in [1.29, 1.82) is 5.26 Å². The molecule has 0 unspecified atom stereocenters. The van der Waals surface area contributed by atoms with Gasteiger partial charge in [-0.2, -0.15) is 5.26 Å². The Bertz CT molecular complexity index is 720. The molecule has 0 spiro atoms. The van der Waals surface area contributed by atoms with Gasteiger partial charge in [-0.3, -0.25) is 4.79 Å². The number of carbonyl (C=O) groups is 1. The van der Waals surface area contributed by atoms with Crippen molar-refractivity contribution < 1.29 is 9.53 Å². The van der Waals surface area contributed by atoms with Crippen LogP contribution in [0.4, 0.5) is 0 Å². The summed E-state index contributed by atoms with van der Waals surface area (Å²) in [5.41, 5.74) is 7.56. The summed E-state index contributed by atoms with van der Waals surface area (Å²) in [6, 6.07) is 7.61. The number of nitrogens with two attached hydrogens (primary N) is 1. The molecule has 0 aliphatic rings. The third-order valence-electron chi connectivity index (χ3n) is 3.34. The van der Waals surface area contributed by atoms with E-state index in [4.69, 9.17) is 15.7 Å². The minimum absolute atomic E-state index is 0.253. The van der Waals surface area contributed by atoms with Crippen LogP contribution in [-0.4, -0.2) is 15.9 Å². The Balaban J connectivity index is 2.03. The molecule has 1 heterocycles. The fourth-order valence-electron chi connectivity index (χ4n) is 2.11. The van der Waals surface area contributed by atoms with Gasteiger partial charge in [-0.25, -0.2) is 9.97 Å². The lowest BCUT2D eigenvalue weighted by molar-refractivity contribution is -0.118. The van der Waals surface area contributed by atoms with Crippen LogP contribution in [0.3, 0.4) is 0 Å². The molecule has 2 aromatic rings. The maximum absolute atomic E-state index is 10.7. The molecule has 23 heavy (non-hydrogen) atoms. The normalized spacial score (nSPS) is 10.1. The number of nitriles is 1. The van der Waals surface area contributed by atoms with E-state index in [2.05, 4.69) is 16.0 Å². The second-order valence-electron chi connectivity index (χ2n) is 5.08. The summed E-state index contributed by atoms with van der Waals surface area (Å²) < 4.78 is 5.69. The molecule has 0 aliphatic heterocycles. The quantitative estimate of drug-likeness (QED) is 0.846. The van der Waals surface area contributed by atoms with Gasteiger partial charge in [0, 0.05) is 18.8 Å². The van der Waals surface area contributed by atoms with Gasteiger partial charge in [-0.15, -0.1) is 0 Å². The monoisotopic (exact) mass is 310 g/mol. The minimum atomic E-state index is -0.307. The van der Waals surface area contributed by atoms with Crippen molar-refractivity contribution in [3.05, 3.63) is 47.3 Å². The highest BCUT2D eigenvalue weighted by atomic mass is 16.5. The molecule has 6 heteroatoms. The molecule has 118 valence electrons. The fourth-order valence-corrected chi connectivity index (χ4v) is 2.11. The van der Waals surface area contributed by atoms with Crippen LogP contribution in [0.25, 0.3) is 0 Å². The first-order chi connectivity index (χ1) is 11.1. The van der Waals surface area contributed by atoms with Crippen molar-refractivity contribution in [3.63, 3.8) is 0 Å². The van der Waals surface area contributed by atoms with Crippen molar-refractivity contribution >= 4 is 5.91 Å². The molecule has 0 saturated heterocycles. The van der Waals surface area contributed by atoms with Crippen LogP contribution in [0.5, 0.6) is 11.8 Å². The molecule has 0 bridgehead atoms. The second-order valence-corrected chi connectivity index (χ2v) is 5.08. The number of hydrogen-bond donors (Lipinski definition) is 1. The summed E-state index contributed by atoms with van der Waals surface area (Å²) in [5, 5.41) is 8.93. The number of hydrogen-bond acceptors (Lipinski definition) is 5. The first-order valence-electron chi connectivity index (χ1n) is 7.42. The van der Waals surface area contributed by atoms with E-state index in [0.29, 0.717) is 30.6 Å². The van der Waals surface area contributed by atoms with E-state index in [1.807, 2.05) is 6.92 Å². The summed E-state index contributed by atoms with van der Waals surface area (Å²) in [6.07, 6.45) is 5.82. The van der Waals surface area contributed by atoms with Crippen molar-refractivity contribution in [3.8, 4) is 17.8 Å². The zero-order valence-corrected chi connectivity index (χ0v) is 13.0. The third-order valence-corrected chi connectivity index (χ3v) is 3.34. The minimum Gasteiger partial charge on any atom is -0.424 e. The zero-order chi connectivity index (χ0) is 16.7. The van der Waals surface area contributed by atoms with Gasteiger partial charge in [0.2, 0.25) is 5.91 Å². The molecule has 1 aromatic carbocycles. The van der Waals surface area contributed by atoms with E-state index in [1.54, 1.807) is 30.6 Å². The molecule has 0 saturated carbocycles. The number of primary amides is 1. The highest BCUT2D eigenvalue weighted by molar-refractivity contribution is 5.73. The first kappa shape index (κ1) is 16.4. The summed E-state index contributed by atoms with van der Waals surface area (Å²) >= 11 is 0. The Labute approximate surface area is 134 Å². The molecule has 0 radical (unpaired) electrons. The number of rotatable bonds is 7. The molecule has 0 aliphatic carbocycles. The largest absolute Gasteiger partial charge is 0.424 e. The van der Waals surface area contributed by atoms with E-state index < -0.39 is 0 Å². The van der Waals surface area contributed by atoms with E-state index >= 15 is 0 Å². The van der Waals surface area contributed by atoms with E-state index in [0.717, 1.165) is 17.5 Å². The number of nitrogens with zero attached hydrogens (tertiary/aromatic N) is 3. The van der Waals surface area contributed by atoms with Crippen LogP contribution >= 0.6 is 0 Å². The van der Waals surface area contributed by atoms with E-state index in [-0.39, 0.29) is 11.9 Å². The second kappa shape index (κ2) is 7.90. The Kier molecular flexibility index (Phi) is 5.64. The standard InChI is InChI=1S/C17H18N4O2/c1-2-14-8-12(9-18)6-7-15(14)23-17-20-10-13(11-21-17)4-3-5-16(19)22/h6-8,10-11H,2-5H2,1H3,(H2,19,22). The van der Waals surface area contributed by atoms with Gasteiger partial charge in [0.25, 0.3) is 0 Å². The summed E-state index contributed by atoms with van der Waals surface area (Å²) in [6.45, 7) is 1.99. The van der Waals surface area contributed by atoms with Gasteiger partial charge in [-0.05, 0) is 48.6 Å². The molecule has 1 amide bonds. The van der Waals surface area contributed by atoms with Gasteiger partial charge in [0.1, 0.15) is 5.75 Å². The van der Waals surface area contributed by atoms with Crippen molar-refractivity contribution in [1.82, 2.24) is 9.97 Å². The lowest BCUT2D eigenvalue weighted by atomic mass is 10.1. The molecule has 2 rings (SSSR count). The van der Waals surface area contributed by atoms with Gasteiger partial charge in [0.05, 0.1) is 11.6 Å². The third kappa shape index (κ3) is 4.78. The van der Waals surface area contributed by atoms with Crippen LogP contribution in [0.2, 0.25) is 0 Å². The van der Waals surface area contributed by atoms with Gasteiger partial charge in [-0.1, -0.05) is 6.92 Å². The topological polar surface area (TPSA) is 102 Å². The SMILES string of the molecule is CCc1cc(C#N)ccc1Oc1ncc(CCCC(N)=O)cn1. The van der Waals surface area contributed by atoms with Crippen LogP contribution < -0.4 is 10.5 Å². The summed E-state index contributed by atoms with van der Waals surface area (Å²) in [5.74, 6) is 0.340. The number of benzene rings is 1. The molecule has 6 nitrogen and oxygen atoms in total. The molecule has 2 N–H and O–H groups in total. The Hall–Kier alpha value is -2.94. The van der Waals surface area contributed by atoms with Crippen molar-refractivity contribution in [2.45, 2.75) is 32.6 Å². The predicted molar refractivity (Wildman–Crippen MR) is 84.8 cm³/mol. The number of carbonyl (C=O) groups excluding carboxylic acids is 1. The molecule has 0 atom stereocenters. The fraction of sp³-hybridized carbons (Fsp3) is 0.294. The van der Waals surface area contributed by atoms with Crippen LogP contribution in [-0.2, 0) is 17.6 Å². The highest BCUT2D eigenvalue weighted by Gasteiger charge is 2.07. The Morgan fingerprint density at radius 2 is 2.09 bits per heavy atom. The number of ether oxygens (including phenoxy) is 1. The average molecular weight is 310 g/mol. The molecular weight excluding hydrogens is 292 g/mol. The predicted octanol–water partition coefficient (Wildman–Crippen LogP) is 2.51. The van der Waals surface area contributed by atoms with Crippen LogP contribution in [0, 0.1) is 11.3 Å². The molecule has 1 aromatic heterocycles. The van der Waals surface area contributed by atoms with Crippen LogP contribution in [0.15, 0.2) is 30.6 Å². The summed E-state index contributed by atoms with van der Waals surface area (Å²) in [4.78, 5) is 19.1. The number of aryl methyl sites for hydroxylation is 2. The van der Waals surface area contributed by atoms with Crippen molar-refractivity contribution in [2.75, 3.05) is 0 Å². The maximum atomic E-state index is 10.7. The molecule has 0 fully saturated rings. The summed E-state index contributed by atoms with van der Waals surface area (Å²) in [7, 11) is 0. The van der Waals surface area contributed by atoms with E-state index in [9.17, 15) is 4.79 Å². The first-order valence-corrected chi connectivity index (χ1v) is 7.42. The van der Waals surface area contributed by atoms with E-state index in [1.165, 1.54) is 0 Å². The lowest BCUT2D eigenvalue weighted by Gasteiger charge is -2.09. The molecular formula is C17H18N4O2. The average Bonchev–Trinajstić information content (AvgIpc) is 2.56. The maximum Gasteiger partial charge on any atom is 0.321 e. The van der Waals surface area contributed by atoms with Gasteiger partial charge in [0.15, 0.2) is 0 Å². The Morgan fingerprint density at radius 1 is 1.35 bits per heavy atom. The highest BCUT2D eigenvalue weighted by Crippen LogP contribution is 2.24. The smallest absolute Gasteiger partial charge is 0.321 e. The van der Waals surface area contributed by atoms with Gasteiger partial charge >= 0.3 is 6.01 Å². The lowest BCUT2D eigenvalue weighted by Crippen LogP contribution is -2.10. The zero-order valence-electron chi connectivity index (χ0n) is 13.0. The number of aromatic nitrogens is 2.